The predicted octanol–water partition coefficient (Wildman–Crippen LogP) is 3.38. The minimum atomic E-state index is -0.826. The molecule has 0 saturated carbocycles. The van der Waals surface area contributed by atoms with E-state index in [1.807, 2.05) is 6.07 Å². The number of imidazole rings is 1. The van der Waals surface area contributed by atoms with Gasteiger partial charge >= 0.3 is 0 Å². The standard InChI is InChI=1S/C25H20ClFN6O3/c26-20-12-16(27)3-8-19(20)24(35)32-17-4-6-18(7-5-17)33-14-31-21(22(33)23(28)34)25(36)30-11-9-15-2-1-10-29-13-15/h1-8,10,12-14H,9,11H2,(H2,28,34)(H,30,36)(H,32,35). The summed E-state index contributed by atoms with van der Waals surface area (Å²) in [5, 5.41) is 5.38. The first-order valence-corrected chi connectivity index (χ1v) is 11.1. The van der Waals surface area contributed by atoms with E-state index in [4.69, 9.17) is 17.3 Å². The summed E-state index contributed by atoms with van der Waals surface area (Å²) in [6, 6.07) is 13.6. The zero-order chi connectivity index (χ0) is 25.7. The van der Waals surface area contributed by atoms with Gasteiger partial charge in [-0.05, 0) is 60.5 Å². The van der Waals surface area contributed by atoms with E-state index in [1.54, 1.807) is 42.7 Å². The van der Waals surface area contributed by atoms with Crippen molar-refractivity contribution in [1.29, 1.82) is 0 Å². The van der Waals surface area contributed by atoms with Crippen LogP contribution in [0.15, 0.2) is 73.3 Å². The number of aromatic nitrogens is 3. The van der Waals surface area contributed by atoms with Gasteiger partial charge < -0.3 is 16.4 Å². The van der Waals surface area contributed by atoms with Crippen LogP contribution < -0.4 is 16.4 Å². The second-order valence-corrected chi connectivity index (χ2v) is 8.08. The van der Waals surface area contributed by atoms with Crippen LogP contribution in [0, 0.1) is 5.82 Å². The molecule has 9 nitrogen and oxygen atoms in total. The molecule has 4 N–H and O–H groups in total. The molecule has 2 aromatic heterocycles. The normalized spacial score (nSPS) is 10.6. The largest absolute Gasteiger partial charge is 0.364 e. The number of halogens is 2. The molecule has 0 bridgehead atoms. The van der Waals surface area contributed by atoms with Crippen molar-refractivity contribution in [3.8, 4) is 5.69 Å². The van der Waals surface area contributed by atoms with Crippen molar-refractivity contribution >= 4 is 35.0 Å². The summed E-state index contributed by atoms with van der Waals surface area (Å²) in [6.45, 7) is 0.321. The van der Waals surface area contributed by atoms with Gasteiger partial charge in [-0.25, -0.2) is 9.37 Å². The Morgan fingerprint density at radius 1 is 1.06 bits per heavy atom. The fourth-order valence-corrected chi connectivity index (χ4v) is 3.73. The maximum atomic E-state index is 13.2. The summed E-state index contributed by atoms with van der Waals surface area (Å²) >= 11 is 5.94. The Morgan fingerprint density at radius 3 is 2.50 bits per heavy atom. The van der Waals surface area contributed by atoms with Crippen LogP contribution in [0.3, 0.4) is 0 Å². The second kappa shape index (κ2) is 10.8. The molecule has 0 aliphatic rings. The van der Waals surface area contributed by atoms with E-state index < -0.39 is 23.5 Å². The third kappa shape index (κ3) is 5.56. The molecule has 3 amide bonds. The summed E-state index contributed by atoms with van der Waals surface area (Å²) in [5.41, 5.74) is 7.36. The number of amides is 3. The number of nitrogens with one attached hydrogen (secondary N) is 2. The molecular formula is C25H20ClFN6O3. The lowest BCUT2D eigenvalue weighted by Gasteiger charge is -2.10. The van der Waals surface area contributed by atoms with Crippen LogP contribution in [0.2, 0.25) is 5.02 Å². The number of anilines is 1. The lowest BCUT2D eigenvalue weighted by molar-refractivity contribution is 0.0930. The number of carbonyl (C=O) groups is 3. The van der Waals surface area contributed by atoms with Crippen molar-refractivity contribution in [1.82, 2.24) is 19.9 Å². The fraction of sp³-hybridized carbons (Fsp3) is 0.0800. The van der Waals surface area contributed by atoms with Gasteiger partial charge in [-0.1, -0.05) is 17.7 Å². The number of rotatable bonds is 8. The predicted molar refractivity (Wildman–Crippen MR) is 132 cm³/mol. The monoisotopic (exact) mass is 506 g/mol. The first-order valence-electron chi connectivity index (χ1n) is 10.7. The molecule has 4 aromatic rings. The smallest absolute Gasteiger partial charge is 0.272 e. The van der Waals surface area contributed by atoms with Crippen LogP contribution in [-0.2, 0) is 6.42 Å². The maximum Gasteiger partial charge on any atom is 0.272 e. The molecule has 0 unspecified atom stereocenters. The molecule has 2 heterocycles. The van der Waals surface area contributed by atoms with Crippen LogP contribution >= 0.6 is 11.6 Å². The van der Waals surface area contributed by atoms with Crippen LogP contribution in [0.1, 0.15) is 36.9 Å². The molecule has 0 aliphatic carbocycles. The van der Waals surface area contributed by atoms with Crippen LogP contribution in [-0.4, -0.2) is 38.8 Å². The van der Waals surface area contributed by atoms with Gasteiger partial charge in [-0.15, -0.1) is 0 Å². The maximum absolute atomic E-state index is 13.2. The molecule has 0 saturated heterocycles. The number of benzene rings is 2. The van der Waals surface area contributed by atoms with E-state index in [9.17, 15) is 18.8 Å². The van der Waals surface area contributed by atoms with E-state index in [1.165, 1.54) is 17.0 Å². The first kappa shape index (κ1) is 24.6. The first-order chi connectivity index (χ1) is 17.3. The third-order valence-corrected chi connectivity index (χ3v) is 5.53. The van der Waals surface area contributed by atoms with Crippen LogP contribution in [0.25, 0.3) is 5.69 Å². The quantitative estimate of drug-likeness (QED) is 0.337. The van der Waals surface area contributed by atoms with Gasteiger partial charge in [0.05, 0.1) is 10.6 Å². The average Bonchev–Trinajstić information content (AvgIpc) is 3.31. The van der Waals surface area contributed by atoms with Crippen molar-refractivity contribution in [2.75, 3.05) is 11.9 Å². The third-order valence-electron chi connectivity index (χ3n) is 5.22. The topological polar surface area (TPSA) is 132 Å². The minimum absolute atomic E-state index is 0.0140. The summed E-state index contributed by atoms with van der Waals surface area (Å²) in [4.78, 5) is 45.4. The molecule has 0 spiro atoms. The molecule has 0 fully saturated rings. The highest BCUT2D eigenvalue weighted by Crippen LogP contribution is 2.21. The number of hydrogen-bond acceptors (Lipinski definition) is 5. The molecule has 4 rings (SSSR count). The SMILES string of the molecule is NC(=O)c1c(C(=O)NCCc2cccnc2)ncn1-c1ccc(NC(=O)c2ccc(F)cc2Cl)cc1. The van der Waals surface area contributed by atoms with E-state index >= 15 is 0 Å². The van der Waals surface area contributed by atoms with Crippen LogP contribution in [0.4, 0.5) is 10.1 Å². The van der Waals surface area contributed by atoms with Crippen molar-refractivity contribution in [3.05, 3.63) is 107 Å². The lowest BCUT2D eigenvalue weighted by Crippen LogP contribution is -2.29. The second-order valence-electron chi connectivity index (χ2n) is 7.67. The molecule has 0 aliphatic heterocycles. The molecule has 0 atom stereocenters. The average molecular weight is 507 g/mol. The van der Waals surface area contributed by atoms with Gasteiger partial charge in [0.1, 0.15) is 17.8 Å². The highest BCUT2D eigenvalue weighted by Gasteiger charge is 2.23. The summed E-state index contributed by atoms with van der Waals surface area (Å²) in [6.07, 6.45) is 5.25. The highest BCUT2D eigenvalue weighted by atomic mass is 35.5. The molecule has 0 radical (unpaired) electrons. The summed E-state index contributed by atoms with van der Waals surface area (Å²) < 4.78 is 14.6. The zero-order valence-electron chi connectivity index (χ0n) is 18.7. The Labute approximate surface area is 210 Å². The number of pyridine rings is 1. The van der Waals surface area contributed by atoms with E-state index in [0.717, 1.165) is 17.7 Å². The Kier molecular flexibility index (Phi) is 7.36. The summed E-state index contributed by atoms with van der Waals surface area (Å²) in [5.74, 6) is -2.42. The Bertz CT molecular complexity index is 1420. The number of hydrogen-bond donors (Lipinski definition) is 3. The van der Waals surface area contributed by atoms with E-state index in [-0.39, 0.29) is 22.0 Å². The van der Waals surface area contributed by atoms with Crippen molar-refractivity contribution < 1.29 is 18.8 Å². The zero-order valence-corrected chi connectivity index (χ0v) is 19.5. The number of primary amides is 1. The van der Waals surface area contributed by atoms with E-state index in [2.05, 4.69) is 20.6 Å². The molecule has 182 valence electrons. The van der Waals surface area contributed by atoms with Crippen LogP contribution in [0.5, 0.6) is 0 Å². The van der Waals surface area contributed by atoms with Gasteiger partial charge in [-0.3, -0.25) is 23.9 Å². The van der Waals surface area contributed by atoms with Gasteiger partial charge in [0.2, 0.25) is 0 Å². The molecular weight excluding hydrogens is 487 g/mol. The number of nitrogens with two attached hydrogens (primary N) is 1. The molecule has 36 heavy (non-hydrogen) atoms. The van der Waals surface area contributed by atoms with E-state index in [0.29, 0.717) is 24.3 Å². The highest BCUT2D eigenvalue weighted by molar-refractivity contribution is 6.34. The van der Waals surface area contributed by atoms with Gasteiger partial charge in [0, 0.05) is 30.3 Å². The van der Waals surface area contributed by atoms with Gasteiger partial charge in [-0.2, -0.15) is 0 Å². The lowest BCUT2D eigenvalue weighted by atomic mass is 10.2. The Morgan fingerprint density at radius 2 is 1.83 bits per heavy atom. The van der Waals surface area contributed by atoms with Crippen molar-refractivity contribution in [2.45, 2.75) is 6.42 Å². The van der Waals surface area contributed by atoms with Crippen molar-refractivity contribution in [3.63, 3.8) is 0 Å². The number of carbonyl (C=O) groups excluding carboxylic acids is 3. The van der Waals surface area contributed by atoms with Crippen molar-refractivity contribution in [2.24, 2.45) is 5.73 Å². The van der Waals surface area contributed by atoms with Gasteiger partial charge in [0.25, 0.3) is 17.7 Å². The Hall–Kier alpha value is -4.57. The Balaban J connectivity index is 1.47. The number of nitrogens with zero attached hydrogens (tertiary/aromatic N) is 3. The molecule has 2 aromatic carbocycles. The van der Waals surface area contributed by atoms with Gasteiger partial charge in [0.15, 0.2) is 5.69 Å². The molecule has 11 heteroatoms. The summed E-state index contributed by atoms with van der Waals surface area (Å²) in [7, 11) is 0. The minimum Gasteiger partial charge on any atom is -0.364 e. The fourth-order valence-electron chi connectivity index (χ4n) is 3.47.